The fraction of sp³-hybridized carbons (Fsp3) is 0.583. The largest absolute Gasteiger partial charge is 0.488 e. The van der Waals surface area contributed by atoms with E-state index in [-0.39, 0.29) is 11.9 Å². The molecule has 0 amide bonds. The molecule has 4 heteroatoms. The number of rotatable bonds is 0. The minimum absolute atomic E-state index is 0.228. The van der Waals surface area contributed by atoms with Crippen LogP contribution in [-0.2, 0) is 19.0 Å². The van der Waals surface area contributed by atoms with Crippen molar-refractivity contribution >= 4 is 5.97 Å². The number of hydrogen-bond donors (Lipinski definition) is 0. The molecule has 84 valence electrons. The summed E-state index contributed by atoms with van der Waals surface area (Å²) in [5.74, 6) is 0.248. The lowest BCUT2D eigenvalue weighted by molar-refractivity contribution is -0.257. The smallest absolute Gasteiger partial charge is 0.331 e. The molecule has 4 rings (SSSR count). The molecule has 0 N–H and O–H groups in total. The topological polar surface area (TPSA) is 44.8 Å². The summed E-state index contributed by atoms with van der Waals surface area (Å²) < 4.78 is 16.8. The van der Waals surface area contributed by atoms with Gasteiger partial charge in [0.15, 0.2) is 11.2 Å². The Morgan fingerprint density at radius 2 is 2.19 bits per heavy atom. The summed E-state index contributed by atoms with van der Waals surface area (Å²) in [5, 5.41) is 0. The lowest BCUT2D eigenvalue weighted by atomic mass is 9.49. The molecule has 1 saturated carbocycles. The molecule has 4 unspecified atom stereocenters. The second-order valence-electron chi connectivity index (χ2n) is 5.03. The molecule has 0 aromatic heterocycles. The van der Waals surface area contributed by atoms with Crippen molar-refractivity contribution in [2.75, 3.05) is 13.2 Å². The first-order chi connectivity index (χ1) is 7.70. The molecule has 4 nitrogen and oxygen atoms in total. The van der Waals surface area contributed by atoms with E-state index < -0.39 is 11.2 Å². The van der Waals surface area contributed by atoms with Gasteiger partial charge in [-0.15, -0.1) is 0 Å². The molecule has 1 saturated heterocycles. The van der Waals surface area contributed by atoms with E-state index in [9.17, 15) is 4.79 Å². The Kier molecular flexibility index (Phi) is 1.29. The van der Waals surface area contributed by atoms with Crippen molar-refractivity contribution in [3.63, 3.8) is 0 Å². The average Bonchev–Trinajstić information content (AvgIpc) is 2.70. The first-order valence-electron chi connectivity index (χ1n) is 5.53. The summed E-state index contributed by atoms with van der Waals surface area (Å²) in [6, 6.07) is 0. The van der Waals surface area contributed by atoms with Gasteiger partial charge in [-0.05, 0) is 13.0 Å². The van der Waals surface area contributed by atoms with Crippen LogP contribution in [0.25, 0.3) is 0 Å². The molecule has 0 aromatic rings. The molecule has 0 bridgehead atoms. The lowest BCUT2D eigenvalue weighted by Gasteiger charge is -2.60. The van der Waals surface area contributed by atoms with E-state index in [0.29, 0.717) is 19.1 Å². The zero-order valence-electron chi connectivity index (χ0n) is 8.93. The Hall–Kier alpha value is -1.29. The fourth-order valence-electron chi connectivity index (χ4n) is 3.83. The standard InChI is InChI=1S/C12H12O4/c1-7-4-9(13)16-12-6-14-5-11(12)8(10(7)12)2-3-15-11/h2-4,8,10H,5-6H2,1H3. The zero-order valence-corrected chi connectivity index (χ0v) is 8.93. The van der Waals surface area contributed by atoms with Crippen LogP contribution < -0.4 is 0 Å². The van der Waals surface area contributed by atoms with Gasteiger partial charge in [-0.3, -0.25) is 0 Å². The Balaban J connectivity index is 1.89. The number of carbonyl (C=O) groups is 1. The fourth-order valence-corrected chi connectivity index (χ4v) is 3.83. The highest BCUT2D eigenvalue weighted by Crippen LogP contribution is 2.66. The van der Waals surface area contributed by atoms with Crippen molar-refractivity contribution < 1.29 is 19.0 Å². The third kappa shape index (κ3) is 0.652. The van der Waals surface area contributed by atoms with Gasteiger partial charge in [-0.1, -0.05) is 5.57 Å². The highest BCUT2D eigenvalue weighted by atomic mass is 16.6. The highest BCUT2D eigenvalue weighted by Gasteiger charge is 2.81. The molecule has 4 atom stereocenters. The summed E-state index contributed by atoms with van der Waals surface area (Å²) in [7, 11) is 0. The Morgan fingerprint density at radius 1 is 1.38 bits per heavy atom. The van der Waals surface area contributed by atoms with E-state index in [1.807, 2.05) is 6.92 Å². The summed E-state index contributed by atoms with van der Waals surface area (Å²) in [6.45, 7) is 2.95. The van der Waals surface area contributed by atoms with Gasteiger partial charge in [0, 0.05) is 17.9 Å². The van der Waals surface area contributed by atoms with Crippen LogP contribution in [0.4, 0.5) is 0 Å². The van der Waals surface area contributed by atoms with Crippen LogP contribution in [-0.4, -0.2) is 30.4 Å². The maximum absolute atomic E-state index is 11.6. The van der Waals surface area contributed by atoms with Gasteiger partial charge in [0.1, 0.15) is 0 Å². The highest BCUT2D eigenvalue weighted by molar-refractivity contribution is 5.85. The monoisotopic (exact) mass is 220 g/mol. The minimum atomic E-state index is -0.572. The Morgan fingerprint density at radius 3 is 3.06 bits per heavy atom. The second kappa shape index (κ2) is 2.35. The second-order valence-corrected chi connectivity index (χ2v) is 5.03. The number of ether oxygens (including phenoxy) is 3. The van der Waals surface area contributed by atoms with Crippen LogP contribution in [0, 0.1) is 11.8 Å². The van der Waals surface area contributed by atoms with E-state index in [2.05, 4.69) is 6.08 Å². The van der Waals surface area contributed by atoms with Crippen LogP contribution in [0.2, 0.25) is 0 Å². The van der Waals surface area contributed by atoms with Gasteiger partial charge in [0.2, 0.25) is 0 Å². The molecule has 0 aromatic carbocycles. The van der Waals surface area contributed by atoms with Crippen LogP contribution in [0.5, 0.6) is 0 Å². The predicted molar refractivity (Wildman–Crippen MR) is 53.3 cm³/mol. The molecule has 1 aliphatic carbocycles. The third-order valence-corrected chi connectivity index (χ3v) is 4.43. The molecular formula is C12H12O4. The normalized spacial score (nSPS) is 51.8. The van der Waals surface area contributed by atoms with Crippen LogP contribution in [0.3, 0.4) is 0 Å². The van der Waals surface area contributed by atoms with Crippen molar-refractivity contribution in [1.82, 2.24) is 0 Å². The minimum Gasteiger partial charge on any atom is -0.488 e. The zero-order chi connectivity index (χ0) is 11.0. The molecule has 2 spiro atoms. The van der Waals surface area contributed by atoms with Crippen molar-refractivity contribution in [3.8, 4) is 0 Å². The molecule has 4 aliphatic rings. The van der Waals surface area contributed by atoms with Crippen molar-refractivity contribution in [2.45, 2.75) is 18.1 Å². The molecule has 0 radical (unpaired) electrons. The molecular weight excluding hydrogens is 208 g/mol. The quantitative estimate of drug-likeness (QED) is 0.566. The molecule has 3 aliphatic heterocycles. The molecule has 16 heavy (non-hydrogen) atoms. The SMILES string of the molecule is CC1=CC(=O)OC23COCC24OC=CC4C13. The van der Waals surface area contributed by atoms with Crippen LogP contribution in [0.1, 0.15) is 6.92 Å². The van der Waals surface area contributed by atoms with E-state index >= 15 is 0 Å². The predicted octanol–water partition coefficient (Wildman–Crippen LogP) is 0.787. The first kappa shape index (κ1) is 8.82. The van der Waals surface area contributed by atoms with Gasteiger partial charge in [0.25, 0.3) is 0 Å². The third-order valence-electron chi connectivity index (χ3n) is 4.43. The van der Waals surface area contributed by atoms with Crippen LogP contribution >= 0.6 is 0 Å². The van der Waals surface area contributed by atoms with Gasteiger partial charge >= 0.3 is 5.97 Å². The average molecular weight is 220 g/mol. The van der Waals surface area contributed by atoms with Crippen molar-refractivity contribution in [1.29, 1.82) is 0 Å². The van der Waals surface area contributed by atoms with Gasteiger partial charge < -0.3 is 14.2 Å². The number of carbonyl (C=O) groups excluding carboxylic acids is 1. The number of fused-ring (bicyclic) bond motifs is 1. The van der Waals surface area contributed by atoms with Gasteiger partial charge in [0.05, 0.1) is 19.5 Å². The van der Waals surface area contributed by atoms with Gasteiger partial charge in [-0.25, -0.2) is 4.79 Å². The van der Waals surface area contributed by atoms with E-state index in [1.54, 1.807) is 12.3 Å². The Bertz CT molecular complexity index is 452. The summed E-state index contributed by atoms with van der Waals surface area (Å²) in [4.78, 5) is 11.6. The van der Waals surface area contributed by atoms with E-state index in [0.717, 1.165) is 5.57 Å². The maximum atomic E-state index is 11.6. The summed E-state index contributed by atoms with van der Waals surface area (Å²) >= 11 is 0. The Labute approximate surface area is 92.9 Å². The first-order valence-corrected chi connectivity index (χ1v) is 5.53. The van der Waals surface area contributed by atoms with Crippen molar-refractivity contribution in [3.05, 3.63) is 24.0 Å². The molecule has 3 heterocycles. The molecule has 2 fully saturated rings. The van der Waals surface area contributed by atoms with Crippen LogP contribution in [0.15, 0.2) is 24.0 Å². The number of esters is 1. The summed E-state index contributed by atoms with van der Waals surface area (Å²) in [6.07, 6.45) is 5.37. The van der Waals surface area contributed by atoms with Crippen molar-refractivity contribution in [2.24, 2.45) is 11.8 Å². The number of hydrogen-bond acceptors (Lipinski definition) is 4. The van der Waals surface area contributed by atoms with Gasteiger partial charge in [-0.2, -0.15) is 0 Å². The maximum Gasteiger partial charge on any atom is 0.331 e. The summed E-state index contributed by atoms with van der Waals surface area (Å²) in [5.41, 5.74) is 0.0671. The lowest BCUT2D eigenvalue weighted by Crippen LogP contribution is -2.76. The van der Waals surface area contributed by atoms with E-state index in [1.165, 1.54) is 0 Å². The van der Waals surface area contributed by atoms with E-state index in [4.69, 9.17) is 14.2 Å².